The van der Waals surface area contributed by atoms with Gasteiger partial charge in [0.1, 0.15) is 12.2 Å². The average molecular weight is 376 g/mol. The topological polar surface area (TPSA) is 68.3 Å². The lowest BCUT2D eigenvalue weighted by atomic mass is 9.90. The third kappa shape index (κ3) is 4.89. The summed E-state index contributed by atoms with van der Waals surface area (Å²) in [7, 11) is 0. The molecule has 150 valence electrons. The second-order valence-corrected chi connectivity index (χ2v) is 8.45. The Balaban J connectivity index is 1.87. The molecule has 0 aromatic rings. The molecule has 5 atom stereocenters. The summed E-state index contributed by atoms with van der Waals surface area (Å²) in [6, 6.07) is 0. The van der Waals surface area contributed by atoms with Gasteiger partial charge in [0.2, 0.25) is 0 Å². The van der Waals surface area contributed by atoms with Crippen LogP contribution in [0.5, 0.6) is 0 Å². The average Bonchev–Trinajstić information content (AvgIpc) is 3.13. The van der Waals surface area contributed by atoms with Crippen molar-refractivity contribution in [1.29, 1.82) is 0 Å². The van der Waals surface area contributed by atoms with Crippen molar-refractivity contribution >= 4 is 5.97 Å². The Labute approximate surface area is 162 Å². The van der Waals surface area contributed by atoms with Gasteiger partial charge >= 0.3 is 5.97 Å². The quantitative estimate of drug-likeness (QED) is 0.426. The molecule has 1 aliphatic carbocycles. The van der Waals surface area contributed by atoms with Crippen LogP contribution in [0.4, 0.5) is 0 Å². The Kier molecular flexibility index (Phi) is 5.94. The molecule has 2 heterocycles. The second kappa shape index (κ2) is 7.90. The lowest BCUT2D eigenvalue weighted by molar-refractivity contribution is -0.144. The molecule has 0 amide bonds. The summed E-state index contributed by atoms with van der Waals surface area (Å²) in [6.45, 7) is 9.66. The number of carbonyl (C=O) groups is 1. The first-order valence-corrected chi connectivity index (χ1v) is 9.90. The Morgan fingerprint density at radius 1 is 1.22 bits per heavy atom. The van der Waals surface area contributed by atoms with E-state index in [0.29, 0.717) is 6.42 Å². The summed E-state index contributed by atoms with van der Waals surface area (Å²) in [5.41, 5.74) is 4.25. The van der Waals surface area contributed by atoms with Crippen molar-refractivity contribution in [3.05, 3.63) is 34.4 Å². The maximum Gasteiger partial charge on any atom is 0.303 e. The molecular weight excluding hydrogens is 344 g/mol. The Hall–Kier alpha value is -1.43. The summed E-state index contributed by atoms with van der Waals surface area (Å²) >= 11 is 0. The normalized spacial score (nSPS) is 37.6. The first-order chi connectivity index (χ1) is 12.7. The van der Waals surface area contributed by atoms with E-state index in [2.05, 4.69) is 19.9 Å². The molecule has 27 heavy (non-hydrogen) atoms. The molecule has 2 aliphatic heterocycles. The standard InChI is InChI=1S/C22H32O5/c1-13-6-7-20-22(5,27-20)9-8-18-15(3)21(24)26-19(18)12-14(2)11-17(10-13)25-16(4)23/h10,12,17,19-21,24H,6-9,11H2,1-5H3. The van der Waals surface area contributed by atoms with Gasteiger partial charge in [0.05, 0.1) is 11.7 Å². The van der Waals surface area contributed by atoms with Crippen LogP contribution in [0.25, 0.3) is 0 Å². The smallest absolute Gasteiger partial charge is 0.303 e. The van der Waals surface area contributed by atoms with Crippen molar-refractivity contribution < 1.29 is 24.1 Å². The zero-order valence-corrected chi connectivity index (χ0v) is 17.1. The molecule has 5 unspecified atom stereocenters. The molecule has 3 aliphatic rings. The van der Waals surface area contributed by atoms with Crippen LogP contribution in [0.15, 0.2) is 34.4 Å². The molecule has 0 bridgehead atoms. The molecule has 0 saturated carbocycles. The van der Waals surface area contributed by atoms with Gasteiger partial charge in [-0.2, -0.15) is 0 Å². The highest BCUT2D eigenvalue weighted by molar-refractivity contribution is 5.66. The molecular formula is C22H32O5. The SMILES string of the molecule is CC(=O)OC1C=C(C)CCC2OC2(C)CCC2=C(C)C(O)OC2C=C(C)C1. The van der Waals surface area contributed by atoms with Crippen LogP contribution in [0.1, 0.15) is 66.7 Å². The first-order valence-electron chi connectivity index (χ1n) is 9.90. The van der Waals surface area contributed by atoms with E-state index >= 15 is 0 Å². The fourth-order valence-corrected chi connectivity index (χ4v) is 4.19. The number of hydrogen-bond acceptors (Lipinski definition) is 5. The third-order valence-corrected chi connectivity index (χ3v) is 5.97. The highest BCUT2D eigenvalue weighted by Gasteiger charge is 2.51. The van der Waals surface area contributed by atoms with Crippen molar-refractivity contribution in [1.82, 2.24) is 0 Å². The Morgan fingerprint density at radius 3 is 2.67 bits per heavy atom. The van der Waals surface area contributed by atoms with Crippen molar-refractivity contribution in [3.8, 4) is 0 Å². The highest BCUT2D eigenvalue weighted by atomic mass is 16.6. The van der Waals surface area contributed by atoms with Crippen molar-refractivity contribution in [3.63, 3.8) is 0 Å². The van der Waals surface area contributed by atoms with Gasteiger partial charge in [-0.25, -0.2) is 0 Å². The zero-order chi connectivity index (χ0) is 19.8. The van der Waals surface area contributed by atoms with E-state index in [4.69, 9.17) is 14.2 Å². The number of aliphatic hydroxyl groups is 1. The van der Waals surface area contributed by atoms with E-state index in [1.165, 1.54) is 12.5 Å². The monoisotopic (exact) mass is 376 g/mol. The zero-order valence-electron chi connectivity index (χ0n) is 17.1. The van der Waals surface area contributed by atoms with Crippen LogP contribution in [0.2, 0.25) is 0 Å². The van der Waals surface area contributed by atoms with E-state index in [0.717, 1.165) is 42.4 Å². The molecule has 0 spiro atoms. The number of ether oxygens (including phenoxy) is 3. The summed E-state index contributed by atoms with van der Waals surface area (Å²) in [5, 5.41) is 10.2. The highest BCUT2D eigenvalue weighted by Crippen LogP contribution is 2.45. The van der Waals surface area contributed by atoms with Crippen molar-refractivity contribution in [2.24, 2.45) is 0 Å². The molecule has 3 rings (SSSR count). The number of hydrogen-bond donors (Lipinski definition) is 1. The van der Waals surface area contributed by atoms with Gasteiger partial charge in [-0.05, 0) is 70.6 Å². The summed E-state index contributed by atoms with van der Waals surface area (Å²) in [6.07, 6.45) is 7.32. The van der Waals surface area contributed by atoms with Crippen LogP contribution in [-0.2, 0) is 19.0 Å². The summed E-state index contributed by atoms with van der Waals surface area (Å²) in [5.74, 6) is -0.278. The van der Waals surface area contributed by atoms with E-state index in [9.17, 15) is 9.90 Å². The fraction of sp³-hybridized carbons (Fsp3) is 0.682. The number of aliphatic hydroxyl groups excluding tert-OH is 1. The van der Waals surface area contributed by atoms with Gasteiger partial charge in [0, 0.05) is 13.3 Å². The minimum Gasteiger partial charge on any atom is -0.458 e. The Morgan fingerprint density at radius 2 is 1.96 bits per heavy atom. The number of rotatable bonds is 1. The number of carbonyl (C=O) groups excluding carboxylic acids is 1. The van der Waals surface area contributed by atoms with Gasteiger partial charge in [-0.15, -0.1) is 0 Å². The van der Waals surface area contributed by atoms with Crippen LogP contribution in [-0.4, -0.2) is 41.3 Å². The number of epoxide rings is 1. The van der Waals surface area contributed by atoms with E-state index in [1.54, 1.807) is 0 Å². The van der Waals surface area contributed by atoms with Crippen molar-refractivity contribution in [2.75, 3.05) is 0 Å². The van der Waals surface area contributed by atoms with Gasteiger partial charge < -0.3 is 19.3 Å². The number of esters is 1. The maximum atomic E-state index is 11.5. The molecule has 1 saturated heterocycles. The fourth-order valence-electron chi connectivity index (χ4n) is 4.19. The minimum absolute atomic E-state index is 0.0934. The predicted octanol–water partition coefficient (Wildman–Crippen LogP) is 3.97. The van der Waals surface area contributed by atoms with E-state index in [-0.39, 0.29) is 29.9 Å². The molecule has 0 aromatic heterocycles. The largest absolute Gasteiger partial charge is 0.458 e. The van der Waals surface area contributed by atoms with Gasteiger partial charge in [0.25, 0.3) is 0 Å². The molecule has 0 radical (unpaired) electrons. The van der Waals surface area contributed by atoms with E-state index < -0.39 is 6.29 Å². The predicted molar refractivity (Wildman–Crippen MR) is 103 cm³/mol. The summed E-state index contributed by atoms with van der Waals surface area (Å²) in [4.78, 5) is 11.5. The van der Waals surface area contributed by atoms with Crippen LogP contribution in [0.3, 0.4) is 0 Å². The lowest BCUT2D eigenvalue weighted by Crippen LogP contribution is -2.18. The Bertz CT molecular complexity index is 689. The minimum atomic E-state index is -0.847. The lowest BCUT2D eigenvalue weighted by Gasteiger charge is -2.18. The maximum absolute atomic E-state index is 11.5. The van der Waals surface area contributed by atoms with Gasteiger partial charge in [-0.1, -0.05) is 17.2 Å². The summed E-state index contributed by atoms with van der Waals surface area (Å²) < 4.78 is 17.3. The molecule has 1 fully saturated rings. The number of fused-ring (bicyclic) bond motifs is 2. The van der Waals surface area contributed by atoms with Gasteiger partial charge in [-0.3, -0.25) is 4.79 Å². The van der Waals surface area contributed by atoms with Crippen LogP contribution < -0.4 is 0 Å². The van der Waals surface area contributed by atoms with Crippen LogP contribution in [0, 0.1) is 0 Å². The molecule has 1 N–H and O–H groups in total. The van der Waals surface area contributed by atoms with E-state index in [1.807, 2.05) is 19.9 Å². The molecule has 5 nitrogen and oxygen atoms in total. The second-order valence-electron chi connectivity index (χ2n) is 8.45. The third-order valence-electron chi connectivity index (χ3n) is 5.97. The first kappa shape index (κ1) is 20.3. The number of allylic oxidation sites excluding steroid dienone is 1. The van der Waals surface area contributed by atoms with Crippen LogP contribution >= 0.6 is 0 Å². The van der Waals surface area contributed by atoms with Crippen molar-refractivity contribution in [2.45, 2.75) is 96.9 Å². The molecule has 5 heteroatoms. The van der Waals surface area contributed by atoms with Gasteiger partial charge in [0.15, 0.2) is 6.29 Å². The molecule has 0 aromatic carbocycles.